The standard InChI is InChI=1S/C28H31Cl2N7O5/c1-17-35-26(32-9-11-41-13-12-40-10-8-31)25(27(36-17)37-22-5-3-2-4-19(22)28(38)39)34-16-24-33-15-23(42-24)20-14-18(29)6-7-21(20)30/h2-7,14-15,34H,8-13,16,31H2,1H3,(H,38,39)(H2,32,35,36,37). The van der Waals surface area contributed by atoms with E-state index in [9.17, 15) is 9.90 Å². The number of hydrogen-bond acceptors (Lipinski definition) is 11. The zero-order valence-corrected chi connectivity index (χ0v) is 24.3. The number of ether oxygens (including phenoxy) is 2. The van der Waals surface area contributed by atoms with E-state index in [0.29, 0.717) is 95.6 Å². The van der Waals surface area contributed by atoms with E-state index in [1.807, 2.05) is 0 Å². The number of aromatic carboxylic acids is 1. The molecule has 4 rings (SSSR count). The summed E-state index contributed by atoms with van der Waals surface area (Å²) in [4.78, 5) is 25.3. The Morgan fingerprint density at radius 1 is 1.02 bits per heavy atom. The van der Waals surface area contributed by atoms with E-state index in [0.717, 1.165) is 0 Å². The molecule has 0 aliphatic heterocycles. The summed E-state index contributed by atoms with van der Waals surface area (Å²) in [5, 5.41) is 20.3. The number of carboxylic acid groups (broad SMARTS) is 1. The summed E-state index contributed by atoms with van der Waals surface area (Å²) in [6.45, 7) is 4.54. The Morgan fingerprint density at radius 3 is 2.57 bits per heavy atom. The predicted molar refractivity (Wildman–Crippen MR) is 162 cm³/mol. The monoisotopic (exact) mass is 615 g/mol. The largest absolute Gasteiger partial charge is 0.478 e. The molecule has 6 N–H and O–H groups in total. The van der Waals surface area contributed by atoms with Crippen molar-refractivity contribution < 1.29 is 23.8 Å². The van der Waals surface area contributed by atoms with Crippen LogP contribution in [0.15, 0.2) is 53.1 Å². The fourth-order valence-corrected chi connectivity index (χ4v) is 4.26. The maximum absolute atomic E-state index is 11.8. The van der Waals surface area contributed by atoms with Gasteiger partial charge in [-0.05, 0) is 37.3 Å². The molecule has 2 aromatic heterocycles. The predicted octanol–water partition coefficient (Wildman–Crippen LogP) is 5.20. The Kier molecular flexibility index (Phi) is 11.3. The Morgan fingerprint density at radius 2 is 1.79 bits per heavy atom. The van der Waals surface area contributed by atoms with Gasteiger partial charge in [-0.3, -0.25) is 0 Å². The number of nitrogens with two attached hydrogens (primary N) is 1. The van der Waals surface area contributed by atoms with E-state index in [2.05, 4.69) is 30.9 Å². The summed E-state index contributed by atoms with van der Waals surface area (Å²) < 4.78 is 16.9. The molecule has 2 heterocycles. The lowest BCUT2D eigenvalue weighted by molar-refractivity contribution is 0.0547. The summed E-state index contributed by atoms with van der Waals surface area (Å²) in [6, 6.07) is 11.6. The maximum Gasteiger partial charge on any atom is 0.337 e. The van der Waals surface area contributed by atoms with Crippen LogP contribution in [0.3, 0.4) is 0 Å². The van der Waals surface area contributed by atoms with Crippen LogP contribution in [0.1, 0.15) is 22.1 Å². The molecule has 0 aliphatic rings. The molecule has 14 heteroatoms. The zero-order chi connectivity index (χ0) is 29.9. The van der Waals surface area contributed by atoms with Crippen LogP contribution in [0.2, 0.25) is 10.0 Å². The van der Waals surface area contributed by atoms with Gasteiger partial charge in [-0.25, -0.2) is 19.7 Å². The normalized spacial score (nSPS) is 11.0. The van der Waals surface area contributed by atoms with Gasteiger partial charge in [0.25, 0.3) is 0 Å². The second-order valence-electron chi connectivity index (χ2n) is 8.85. The van der Waals surface area contributed by atoms with Gasteiger partial charge in [0.15, 0.2) is 17.4 Å². The molecule has 2 aromatic carbocycles. The van der Waals surface area contributed by atoms with Crippen LogP contribution in [-0.2, 0) is 16.0 Å². The summed E-state index contributed by atoms with van der Waals surface area (Å²) >= 11 is 12.5. The quantitative estimate of drug-likeness (QED) is 0.104. The summed E-state index contributed by atoms with van der Waals surface area (Å²) in [5.74, 6) is 1.05. The van der Waals surface area contributed by atoms with Crippen LogP contribution >= 0.6 is 23.2 Å². The van der Waals surface area contributed by atoms with Crippen molar-refractivity contribution in [2.75, 3.05) is 55.5 Å². The molecule has 0 spiro atoms. The van der Waals surface area contributed by atoms with Gasteiger partial charge < -0.3 is 40.7 Å². The van der Waals surface area contributed by atoms with Crippen molar-refractivity contribution >= 4 is 52.2 Å². The van der Waals surface area contributed by atoms with Crippen LogP contribution in [0.4, 0.5) is 23.0 Å². The first-order valence-electron chi connectivity index (χ1n) is 13.1. The summed E-state index contributed by atoms with van der Waals surface area (Å²) in [6.07, 6.45) is 1.57. The molecule has 12 nitrogen and oxygen atoms in total. The summed E-state index contributed by atoms with van der Waals surface area (Å²) in [7, 11) is 0. The number of halogens is 2. The first-order valence-corrected chi connectivity index (χ1v) is 13.8. The van der Waals surface area contributed by atoms with E-state index in [1.165, 1.54) is 6.07 Å². The van der Waals surface area contributed by atoms with Crippen molar-refractivity contribution in [2.45, 2.75) is 13.5 Å². The van der Waals surface area contributed by atoms with E-state index in [-0.39, 0.29) is 12.1 Å². The minimum absolute atomic E-state index is 0.0928. The number of nitrogens with zero attached hydrogens (tertiary/aromatic N) is 3. The number of carboxylic acids is 1. The third-order valence-corrected chi connectivity index (χ3v) is 6.33. The molecule has 222 valence electrons. The van der Waals surface area contributed by atoms with Crippen molar-refractivity contribution in [3.05, 3.63) is 76.0 Å². The van der Waals surface area contributed by atoms with Crippen LogP contribution in [0.5, 0.6) is 0 Å². The smallest absolute Gasteiger partial charge is 0.337 e. The number of rotatable bonds is 16. The van der Waals surface area contributed by atoms with Gasteiger partial charge in [0.2, 0.25) is 5.89 Å². The Hall–Kier alpha value is -3.94. The van der Waals surface area contributed by atoms with Crippen molar-refractivity contribution in [1.29, 1.82) is 0 Å². The SMILES string of the molecule is Cc1nc(NCCOCCOCCN)c(NCc2ncc(-c3cc(Cl)ccc3Cl)o2)c(Nc2ccccc2C(=O)O)n1. The van der Waals surface area contributed by atoms with Crippen molar-refractivity contribution in [2.24, 2.45) is 5.73 Å². The number of aromatic nitrogens is 3. The molecule has 0 saturated carbocycles. The third-order valence-electron chi connectivity index (χ3n) is 5.77. The van der Waals surface area contributed by atoms with Crippen molar-refractivity contribution in [1.82, 2.24) is 15.0 Å². The molecule has 0 bridgehead atoms. The molecule has 42 heavy (non-hydrogen) atoms. The maximum atomic E-state index is 11.8. The lowest BCUT2D eigenvalue weighted by Crippen LogP contribution is -2.17. The second-order valence-corrected chi connectivity index (χ2v) is 9.70. The van der Waals surface area contributed by atoms with E-state index < -0.39 is 5.97 Å². The first-order chi connectivity index (χ1) is 20.4. The molecule has 4 aromatic rings. The molecule has 0 atom stereocenters. The van der Waals surface area contributed by atoms with Crippen LogP contribution in [-0.4, -0.2) is 65.5 Å². The molecular weight excluding hydrogens is 585 g/mol. The highest BCUT2D eigenvalue weighted by molar-refractivity contribution is 6.35. The first kappa shape index (κ1) is 31.0. The van der Waals surface area contributed by atoms with Gasteiger partial charge in [-0.2, -0.15) is 0 Å². The van der Waals surface area contributed by atoms with Gasteiger partial charge >= 0.3 is 5.97 Å². The van der Waals surface area contributed by atoms with Crippen LogP contribution in [0.25, 0.3) is 11.3 Å². The molecule has 0 unspecified atom stereocenters. The number of benzene rings is 2. The highest BCUT2D eigenvalue weighted by Crippen LogP contribution is 2.33. The zero-order valence-electron chi connectivity index (χ0n) is 22.8. The van der Waals surface area contributed by atoms with Crippen molar-refractivity contribution in [3.8, 4) is 11.3 Å². The highest BCUT2D eigenvalue weighted by Gasteiger charge is 2.18. The Bertz CT molecular complexity index is 1500. The van der Waals surface area contributed by atoms with E-state index >= 15 is 0 Å². The molecule has 0 radical (unpaired) electrons. The molecule has 0 aliphatic carbocycles. The van der Waals surface area contributed by atoms with Crippen LogP contribution in [0, 0.1) is 6.92 Å². The van der Waals surface area contributed by atoms with Gasteiger partial charge in [0, 0.05) is 23.7 Å². The molecule has 0 amide bonds. The molecule has 0 saturated heterocycles. The average Bonchev–Trinajstić information content (AvgIpc) is 3.44. The van der Waals surface area contributed by atoms with E-state index in [1.54, 1.807) is 49.5 Å². The van der Waals surface area contributed by atoms with E-state index in [4.69, 9.17) is 42.8 Å². The lowest BCUT2D eigenvalue weighted by Gasteiger charge is -2.18. The van der Waals surface area contributed by atoms with Crippen molar-refractivity contribution in [3.63, 3.8) is 0 Å². The topological polar surface area (TPSA) is 170 Å². The van der Waals surface area contributed by atoms with Crippen LogP contribution < -0.4 is 21.7 Å². The second kappa shape index (κ2) is 15.3. The third kappa shape index (κ3) is 8.54. The number of oxazole rings is 1. The minimum Gasteiger partial charge on any atom is -0.478 e. The lowest BCUT2D eigenvalue weighted by atomic mass is 10.2. The fraction of sp³-hybridized carbons (Fsp3) is 0.286. The van der Waals surface area contributed by atoms with Gasteiger partial charge in [-0.15, -0.1) is 0 Å². The number of para-hydroxylation sites is 1. The minimum atomic E-state index is -1.07. The Labute approximate surface area is 252 Å². The Balaban J connectivity index is 1.55. The van der Waals surface area contributed by atoms with Gasteiger partial charge in [-0.1, -0.05) is 35.3 Å². The number of aryl methyl sites for hydroxylation is 1. The summed E-state index contributed by atoms with van der Waals surface area (Å²) in [5.41, 5.74) is 6.97. The number of carbonyl (C=O) groups is 1. The number of anilines is 4. The van der Waals surface area contributed by atoms with Gasteiger partial charge in [0.05, 0.1) is 55.4 Å². The number of hydrogen-bond donors (Lipinski definition) is 5. The average molecular weight is 617 g/mol. The molecular formula is C28H31Cl2N7O5. The highest BCUT2D eigenvalue weighted by atomic mass is 35.5. The molecule has 0 fully saturated rings. The van der Waals surface area contributed by atoms with Gasteiger partial charge in [0.1, 0.15) is 11.5 Å². The number of nitrogens with one attached hydrogen (secondary N) is 3. The fourth-order valence-electron chi connectivity index (χ4n) is 3.88.